The van der Waals surface area contributed by atoms with Crippen molar-refractivity contribution in [1.82, 2.24) is 10.6 Å². The summed E-state index contributed by atoms with van der Waals surface area (Å²) in [6, 6.07) is 0. The number of carbonyl (C=O) groups is 4. The summed E-state index contributed by atoms with van der Waals surface area (Å²) < 4.78 is 5.35. The van der Waals surface area contributed by atoms with Crippen LogP contribution in [0.5, 0.6) is 0 Å². The van der Waals surface area contributed by atoms with E-state index in [2.05, 4.69) is 16.7 Å². The van der Waals surface area contributed by atoms with Gasteiger partial charge in [0.05, 0.1) is 5.70 Å². The van der Waals surface area contributed by atoms with Gasteiger partial charge in [-0.15, -0.1) is 0 Å². The van der Waals surface area contributed by atoms with Crippen LogP contribution in [0.2, 0.25) is 0 Å². The number of Topliss-reactive ketones (excluding diaryl/α,β-unsaturated/α-hetero) is 2. The lowest BCUT2D eigenvalue weighted by molar-refractivity contribution is -0.121. The summed E-state index contributed by atoms with van der Waals surface area (Å²) in [5.41, 5.74) is -1.72. The van der Waals surface area contributed by atoms with Crippen molar-refractivity contribution in [3.8, 4) is 0 Å². The van der Waals surface area contributed by atoms with Crippen molar-refractivity contribution >= 4 is 23.4 Å². The average Bonchev–Trinajstić information content (AvgIpc) is 3.70. The highest BCUT2D eigenvalue weighted by molar-refractivity contribution is 6.06. The Morgan fingerprint density at radius 1 is 0.875 bits per heavy atom. The molecule has 1 aliphatic heterocycles. The summed E-state index contributed by atoms with van der Waals surface area (Å²) in [6.07, 6.45) is 25.7. The fourth-order valence-corrected chi connectivity index (χ4v) is 4.87. The Hall–Kier alpha value is -4.08. The van der Waals surface area contributed by atoms with E-state index in [0.717, 1.165) is 0 Å². The van der Waals surface area contributed by atoms with E-state index in [1.807, 2.05) is 12.2 Å². The lowest BCUT2D eigenvalue weighted by Crippen LogP contribution is -2.42. The summed E-state index contributed by atoms with van der Waals surface area (Å²) in [5.74, 6) is -1.28. The second-order valence-electron chi connectivity index (χ2n) is 10.1. The number of aliphatic hydroxyl groups excluding tert-OH is 1. The number of carbonyl (C=O) groups excluding carboxylic acids is 4. The van der Waals surface area contributed by atoms with Crippen molar-refractivity contribution in [3.05, 3.63) is 96.1 Å². The van der Waals surface area contributed by atoms with Crippen LogP contribution in [0, 0.1) is 5.92 Å². The van der Waals surface area contributed by atoms with Crippen molar-refractivity contribution in [3.63, 3.8) is 0 Å². The predicted molar refractivity (Wildman–Crippen MR) is 148 cm³/mol. The maximum Gasteiger partial charge on any atom is 0.248 e. The molecule has 0 spiro atoms. The molecule has 4 aliphatic rings. The molecular formula is C31H34N2O7. The van der Waals surface area contributed by atoms with Crippen molar-refractivity contribution < 1.29 is 34.1 Å². The number of fused-ring (bicyclic) bond motifs is 1. The van der Waals surface area contributed by atoms with E-state index in [1.165, 1.54) is 74.6 Å². The Balaban J connectivity index is 1.27. The van der Waals surface area contributed by atoms with E-state index in [0.29, 0.717) is 5.92 Å². The second kappa shape index (κ2) is 13.3. The van der Waals surface area contributed by atoms with Gasteiger partial charge in [0.15, 0.2) is 11.9 Å². The lowest BCUT2D eigenvalue weighted by atomic mass is 9.89. The molecule has 210 valence electrons. The third-order valence-corrected chi connectivity index (χ3v) is 7.07. The van der Waals surface area contributed by atoms with Gasteiger partial charge in [-0.3, -0.25) is 19.2 Å². The van der Waals surface area contributed by atoms with Crippen molar-refractivity contribution in [2.24, 2.45) is 5.92 Å². The van der Waals surface area contributed by atoms with Crippen LogP contribution in [0.3, 0.4) is 0 Å². The normalized spacial score (nSPS) is 27.7. The van der Waals surface area contributed by atoms with Gasteiger partial charge < -0.3 is 25.6 Å². The van der Waals surface area contributed by atoms with Crippen molar-refractivity contribution in [2.75, 3.05) is 0 Å². The van der Waals surface area contributed by atoms with Crippen LogP contribution in [0.15, 0.2) is 96.1 Å². The minimum atomic E-state index is -1.60. The van der Waals surface area contributed by atoms with E-state index in [-0.39, 0.29) is 35.8 Å². The Labute approximate surface area is 233 Å². The molecule has 9 heteroatoms. The Kier molecular flexibility index (Phi) is 9.63. The van der Waals surface area contributed by atoms with E-state index in [9.17, 15) is 29.4 Å². The van der Waals surface area contributed by atoms with Crippen LogP contribution in [-0.4, -0.2) is 51.4 Å². The molecule has 3 aliphatic carbocycles. The first-order chi connectivity index (χ1) is 19.3. The average molecular weight is 550 g/mol. The standard InChI is InChI=1S/C31H34N2O7/c34-23-17-18-24(35)27(23)33-26(37)16-10-3-4-11-19-31(39)20-22(28(38)29-30(31)40-29)32-25(36)15-9-2-1-6-12-21-13-7-5-8-14-21/h1-4,6,9-12,15-16,19-21,29-30,34,39H,5,7-8,13-14,17-18H2,(H,32,36)(H,33,37)/b2-1+,4-3+,12-6+,15-9+,16-10+,19-11+/t29-,30-,31+/m1/s1/i19+1,28+1,29+1. The van der Waals surface area contributed by atoms with Crippen LogP contribution in [0.1, 0.15) is 44.9 Å². The molecule has 0 radical (unpaired) electrons. The molecule has 4 N–H and O–H groups in total. The molecule has 1 saturated heterocycles. The number of nitrogens with one attached hydrogen (secondary N) is 2. The van der Waals surface area contributed by atoms with Gasteiger partial charge in [-0.05, 0) is 30.9 Å². The first-order valence-corrected chi connectivity index (χ1v) is 13.5. The van der Waals surface area contributed by atoms with Crippen LogP contribution >= 0.6 is 0 Å². The van der Waals surface area contributed by atoms with Gasteiger partial charge >= 0.3 is 0 Å². The molecule has 3 atom stereocenters. The van der Waals surface area contributed by atoms with E-state index in [1.54, 1.807) is 18.2 Å². The second-order valence-corrected chi connectivity index (χ2v) is 10.1. The smallest absolute Gasteiger partial charge is 0.248 e. The molecule has 0 aromatic carbocycles. The monoisotopic (exact) mass is 549 g/mol. The van der Waals surface area contributed by atoms with Gasteiger partial charge in [0, 0.05) is 25.0 Å². The summed E-state index contributed by atoms with van der Waals surface area (Å²) in [6.45, 7) is 0. The number of rotatable bonds is 10. The number of aliphatic hydroxyl groups is 2. The number of epoxide rings is 1. The highest BCUT2D eigenvalue weighted by Gasteiger charge is 2.59. The molecule has 0 aromatic rings. The molecule has 2 amide bonds. The van der Waals surface area contributed by atoms with Gasteiger partial charge in [0.25, 0.3) is 0 Å². The highest BCUT2D eigenvalue weighted by Crippen LogP contribution is 2.40. The summed E-state index contributed by atoms with van der Waals surface area (Å²) in [5, 5.41) is 25.5. The van der Waals surface area contributed by atoms with Gasteiger partial charge in [0.2, 0.25) is 17.6 Å². The van der Waals surface area contributed by atoms with Crippen LogP contribution in [-0.2, 0) is 23.9 Å². The zero-order chi connectivity index (χ0) is 28.5. The number of hydrogen-bond donors (Lipinski definition) is 4. The van der Waals surface area contributed by atoms with Crippen LogP contribution < -0.4 is 10.6 Å². The Morgan fingerprint density at radius 2 is 1.52 bits per heavy atom. The molecule has 0 bridgehead atoms. The lowest BCUT2D eigenvalue weighted by Gasteiger charge is -2.23. The van der Waals surface area contributed by atoms with Gasteiger partial charge in [0.1, 0.15) is 23.2 Å². The van der Waals surface area contributed by atoms with Crippen molar-refractivity contribution in [2.45, 2.75) is 62.8 Å². The van der Waals surface area contributed by atoms with Gasteiger partial charge in [-0.25, -0.2) is 0 Å². The topological polar surface area (TPSA) is 145 Å². The van der Waals surface area contributed by atoms with Crippen LogP contribution in [0.4, 0.5) is 0 Å². The highest BCUT2D eigenvalue weighted by atomic mass is 16.7. The summed E-state index contributed by atoms with van der Waals surface area (Å²) >= 11 is 0. The molecule has 2 fully saturated rings. The zero-order valence-electron chi connectivity index (χ0n) is 22.1. The van der Waals surface area contributed by atoms with Crippen molar-refractivity contribution in [1.29, 1.82) is 0 Å². The molecule has 1 saturated carbocycles. The Morgan fingerprint density at radius 3 is 2.20 bits per heavy atom. The molecule has 0 unspecified atom stereocenters. The summed E-state index contributed by atoms with van der Waals surface area (Å²) in [4.78, 5) is 48.3. The third-order valence-electron chi connectivity index (χ3n) is 7.07. The first kappa shape index (κ1) is 28.9. The van der Waals surface area contributed by atoms with Gasteiger partial charge in [-0.2, -0.15) is 0 Å². The number of ketones is 2. The molecule has 4 rings (SSSR count). The largest absolute Gasteiger partial charge is 0.510 e. The maximum absolute atomic E-state index is 12.5. The fraction of sp³-hybridized carbons (Fsp3) is 0.355. The number of amides is 2. The SMILES string of the molecule is O=C(/C=C/C=C/C=C/C1CCCCC1)NC1=C[C@@](O)(/[13CH]=C/C=C/C=C/C(=O)NC2=C(O)CCC2=O)[C@@H]2O[13C@@H]2[13C]1=O. The van der Waals surface area contributed by atoms with Crippen LogP contribution in [0.25, 0.3) is 0 Å². The number of ether oxygens (including phenoxy) is 1. The quantitative estimate of drug-likeness (QED) is 0.142. The third kappa shape index (κ3) is 7.74. The van der Waals surface area contributed by atoms with E-state index in [4.69, 9.17) is 4.74 Å². The molecule has 0 aromatic heterocycles. The Bertz CT molecular complexity index is 1270. The predicted octanol–water partition coefficient (Wildman–Crippen LogP) is 3.23. The number of allylic oxidation sites excluding steroid dienone is 11. The van der Waals surface area contributed by atoms with E-state index < -0.39 is 35.4 Å². The fourth-order valence-electron chi connectivity index (χ4n) is 4.87. The summed E-state index contributed by atoms with van der Waals surface area (Å²) in [7, 11) is 0. The minimum Gasteiger partial charge on any atom is -0.510 e. The molecule has 1 heterocycles. The first-order valence-electron chi connectivity index (χ1n) is 13.5. The molecular weight excluding hydrogens is 515 g/mol. The molecule has 40 heavy (non-hydrogen) atoms. The zero-order valence-corrected chi connectivity index (χ0v) is 22.1. The number of hydrogen-bond acceptors (Lipinski definition) is 7. The van der Waals surface area contributed by atoms with Gasteiger partial charge in [-0.1, -0.05) is 73.9 Å². The van der Waals surface area contributed by atoms with E-state index >= 15 is 0 Å². The maximum atomic E-state index is 12.5. The molecule has 9 nitrogen and oxygen atoms in total. The minimum absolute atomic E-state index is 0.0405.